The number of hydrogen-bond donors (Lipinski definition) is 2. The maximum Gasteiger partial charge on any atom is 0.258 e. The molecule has 1 saturated carbocycles. The average molecular weight is 292 g/mol. The average Bonchev–Trinajstić information content (AvgIpc) is 2.52. The SMILES string of the molecule is COc1ccc(N)cc1C(=O)N(CCO)C1CCCCC1. The number of nitrogen functional groups attached to an aromatic ring is 1. The number of aliphatic hydroxyl groups excluding tert-OH is 1. The molecule has 1 aromatic rings. The fraction of sp³-hybridized carbons (Fsp3) is 0.562. The van der Waals surface area contributed by atoms with Gasteiger partial charge in [0.1, 0.15) is 5.75 Å². The Balaban J connectivity index is 2.27. The van der Waals surface area contributed by atoms with E-state index in [1.165, 1.54) is 6.42 Å². The van der Waals surface area contributed by atoms with Gasteiger partial charge in [0.25, 0.3) is 5.91 Å². The number of hydrogen-bond acceptors (Lipinski definition) is 4. The molecule has 1 aliphatic carbocycles. The van der Waals surface area contributed by atoms with E-state index in [0.29, 0.717) is 23.5 Å². The highest BCUT2D eigenvalue weighted by atomic mass is 16.5. The summed E-state index contributed by atoms with van der Waals surface area (Å²) in [6.45, 7) is 0.314. The Morgan fingerprint density at radius 3 is 2.71 bits per heavy atom. The number of benzene rings is 1. The fourth-order valence-electron chi connectivity index (χ4n) is 3.00. The van der Waals surface area contributed by atoms with Crippen molar-refractivity contribution in [2.45, 2.75) is 38.1 Å². The first-order chi connectivity index (χ1) is 10.2. The van der Waals surface area contributed by atoms with Gasteiger partial charge < -0.3 is 20.5 Å². The van der Waals surface area contributed by atoms with Crippen LogP contribution in [0.4, 0.5) is 5.69 Å². The Morgan fingerprint density at radius 2 is 2.10 bits per heavy atom. The molecule has 116 valence electrons. The molecule has 0 aliphatic heterocycles. The lowest BCUT2D eigenvalue weighted by Gasteiger charge is -2.34. The number of nitrogens with two attached hydrogens (primary N) is 1. The van der Waals surface area contributed by atoms with Crippen molar-refractivity contribution in [3.8, 4) is 5.75 Å². The number of carbonyl (C=O) groups excluding carboxylic acids is 1. The minimum absolute atomic E-state index is 0.0349. The molecule has 0 aromatic heterocycles. The maximum absolute atomic E-state index is 12.8. The quantitative estimate of drug-likeness (QED) is 0.814. The molecule has 2 rings (SSSR count). The fourth-order valence-corrected chi connectivity index (χ4v) is 3.00. The van der Waals surface area contributed by atoms with Crippen LogP contribution in [0.2, 0.25) is 0 Å². The smallest absolute Gasteiger partial charge is 0.258 e. The summed E-state index contributed by atoms with van der Waals surface area (Å²) >= 11 is 0. The number of ether oxygens (including phenoxy) is 1. The number of amides is 1. The largest absolute Gasteiger partial charge is 0.496 e. The Morgan fingerprint density at radius 1 is 1.38 bits per heavy atom. The molecule has 1 amide bonds. The van der Waals surface area contributed by atoms with Crippen LogP contribution in [0.3, 0.4) is 0 Å². The van der Waals surface area contributed by atoms with E-state index in [9.17, 15) is 9.90 Å². The van der Waals surface area contributed by atoms with Gasteiger partial charge in [0.05, 0.1) is 19.3 Å². The van der Waals surface area contributed by atoms with Crippen molar-refractivity contribution in [1.82, 2.24) is 4.90 Å². The second-order valence-corrected chi connectivity index (χ2v) is 5.47. The van der Waals surface area contributed by atoms with Gasteiger partial charge in [0, 0.05) is 18.3 Å². The summed E-state index contributed by atoms with van der Waals surface area (Å²) in [5.41, 5.74) is 6.80. The summed E-state index contributed by atoms with van der Waals surface area (Å²) in [5.74, 6) is 0.410. The van der Waals surface area contributed by atoms with Gasteiger partial charge in [0.2, 0.25) is 0 Å². The van der Waals surface area contributed by atoms with E-state index in [4.69, 9.17) is 10.5 Å². The Kier molecular flexibility index (Phi) is 5.44. The normalized spacial score (nSPS) is 15.7. The third-order valence-corrected chi connectivity index (χ3v) is 4.07. The predicted molar refractivity (Wildman–Crippen MR) is 82.4 cm³/mol. The number of nitrogens with zero attached hydrogens (tertiary/aromatic N) is 1. The summed E-state index contributed by atoms with van der Waals surface area (Å²) in [7, 11) is 1.54. The Bertz CT molecular complexity index is 484. The van der Waals surface area contributed by atoms with Gasteiger partial charge in [-0.1, -0.05) is 19.3 Å². The minimum Gasteiger partial charge on any atom is -0.496 e. The Labute approximate surface area is 125 Å². The van der Waals surface area contributed by atoms with Crippen LogP contribution in [-0.2, 0) is 0 Å². The highest BCUT2D eigenvalue weighted by Gasteiger charge is 2.27. The monoisotopic (exact) mass is 292 g/mol. The summed E-state index contributed by atoms with van der Waals surface area (Å²) in [6.07, 6.45) is 5.48. The lowest BCUT2D eigenvalue weighted by atomic mass is 9.93. The van der Waals surface area contributed by atoms with Crippen molar-refractivity contribution in [2.75, 3.05) is 26.0 Å². The first-order valence-electron chi connectivity index (χ1n) is 7.52. The van der Waals surface area contributed by atoms with Crippen molar-refractivity contribution < 1.29 is 14.6 Å². The van der Waals surface area contributed by atoms with Crippen molar-refractivity contribution >= 4 is 11.6 Å². The van der Waals surface area contributed by atoms with E-state index >= 15 is 0 Å². The zero-order chi connectivity index (χ0) is 15.2. The summed E-state index contributed by atoms with van der Waals surface area (Å²) < 4.78 is 5.27. The van der Waals surface area contributed by atoms with Crippen LogP contribution in [0, 0.1) is 0 Å². The molecular weight excluding hydrogens is 268 g/mol. The highest BCUT2D eigenvalue weighted by molar-refractivity contribution is 5.98. The zero-order valence-corrected chi connectivity index (χ0v) is 12.5. The lowest BCUT2D eigenvalue weighted by molar-refractivity contribution is 0.0582. The minimum atomic E-state index is -0.111. The van der Waals surface area contributed by atoms with Crippen LogP contribution in [0.15, 0.2) is 18.2 Å². The van der Waals surface area contributed by atoms with Gasteiger partial charge in [0.15, 0.2) is 0 Å². The molecule has 0 spiro atoms. The standard InChI is InChI=1S/C16H24N2O3/c1-21-15-8-7-12(17)11-14(15)16(20)18(9-10-19)13-5-3-2-4-6-13/h7-8,11,13,19H,2-6,9-10,17H2,1H3. The molecule has 0 unspecified atom stereocenters. The van der Waals surface area contributed by atoms with Gasteiger partial charge in [-0.15, -0.1) is 0 Å². The molecule has 0 atom stereocenters. The van der Waals surface area contributed by atoms with Crippen LogP contribution >= 0.6 is 0 Å². The molecule has 1 fully saturated rings. The van der Waals surface area contributed by atoms with Crippen LogP contribution in [0.25, 0.3) is 0 Å². The molecule has 0 radical (unpaired) electrons. The second-order valence-electron chi connectivity index (χ2n) is 5.47. The molecule has 0 saturated heterocycles. The summed E-state index contributed by atoms with van der Waals surface area (Å²) in [4.78, 5) is 14.6. The molecule has 5 nitrogen and oxygen atoms in total. The number of rotatable bonds is 5. The maximum atomic E-state index is 12.8. The molecule has 0 bridgehead atoms. The zero-order valence-electron chi connectivity index (χ0n) is 12.5. The van der Waals surface area contributed by atoms with Gasteiger partial charge in [-0.3, -0.25) is 4.79 Å². The molecule has 1 aliphatic rings. The third kappa shape index (κ3) is 3.67. The van der Waals surface area contributed by atoms with Crippen LogP contribution in [0.1, 0.15) is 42.5 Å². The van der Waals surface area contributed by atoms with Crippen LogP contribution in [-0.4, -0.2) is 42.2 Å². The van der Waals surface area contributed by atoms with E-state index in [1.54, 1.807) is 30.2 Å². The van der Waals surface area contributed by atoms with Gasteiger partial charge >= 0.3 is 0 Å². The number of methoxy groups -OCH3 is 1. The summed E-state index contributed by atoms with van der Waals surface area (Å²) in [6, 6.07) is 5.27. The molecule has 1 aromatic carbocycles. The van der Waals surface area contributed by atoms with Crippen LogP contribution in [0.5, 0.6) is 5.75 Å². The number of carbonyl (C=O) groups is 1. The van der Waals surface area contributed by atoms with E-state index in [2.05, 4.69) is 0 Å². The topological polar surface area (TPSA) is 75.8 Å². The van der Waals surface area contributed by atoms with Crippen molar-refractivity contribution in [1.29, 1.82) is 0 Å². The molecule has 21 heavy (non-hydrogen) atoms. The molecule has 0 heterocycles. The van der Waals surface area contributed by atoms with Crippen LogP contribution < -0.4 is 10.5 Å². The number of aliphatic hydroxyl groups is 1. The molecule has 3 N–H and O–H groups in total. The summed E-state index contributed by atoms with van der Waals surface area (Å²) in [5, 5.41) is 9.29. The van der Waals surface area contributed by atoms with E-state index < -0.39 is 0 Å². The van der Waals surface area contributed by atoms with Gasteiger partial charge in [-0.25, -0.2) is 0 Å². The first kappa shape index (κ1) is 15.6. The van der Waals surface area contributed by atoms with Crippen molar-refractivity contribution in [3.05, 3.63) is 23.8 Å². The molecular formula is C16H24N2O3. The predicted octanol–water partition coefficient (Wildman–Crippen LogP) is 2.04. The van der Waals surface area contributed by atoms with Crippen molar-refractivity contribution in [2.24, 2.45) is 0 Å². The number of anilines is 1. The third-order valence-electron chi connectivity index (χ3n) is 4.07. The van der Waals surface area contributed by atoms with E-state index in [0.717, 1.165) is 25.7 Å². The Hall–Kier alpha value is -1.75. The van der Waals surface area contributed by atoms with Gasteiger partial charge in [-0.05, 0) is 31.0 Å². The lowest BCUT2D eigenvalue weighted by Crippen LogP contribution is -2.43. The van der Waals surface area contributed by atoms with Crippen molar-refractivity contribution in [3.63, 3.8) is 0 Å². The second kappa shape index (κ2) is 7.31. The van der Waals surface area contributed by atoms with E-state index in [-0.39, 0.29) is 18.6 Å². The highest BCUT2D eigenvalue weighted by Crippen LogP contribution is 2.27. The van der Waals surface area contributed by atoms with E-state index in [1.807, 2.05) is 0 Å². The molecule has 5 heteroatoms. The van der Waals surface area contributed by atoms with Gasteiger partial charge in [-0.2, -0.15) is 0 Å². The first-order valence-corrected chi connectivity index (χ1v) is 7.52.